The van der Waals surface area contributed by atoms with Gasteiger partial charge in [-0.05, 0) is 12.1 Å². The van der Waals surface area contributed by atoms with E-state index in [0.717, 1.165) is 6.07 Å². The predicted octanol–water partition coefficient (Wildman–Crippen LogP) is 0.200. The lowest BCUT2D eigenvalue weighted by atomic mass is 10.3. The van der Waals surface area contributed by atoms with E-state index in [-0.39, 0.29) is 17.2 Å². The van der Waals surface area contributed by atoms with E-state index in [0.29, 0.717) is 5.82 Å². The number of methoxy groups -OCH3 is 1. The summed E-state index contributed by atoms with van der Waals surface area (Å²) in [6.07, 6.45) is 1.24. The van der Waals surface area contributed by atoms with E-state index in [9.17, 15) is 18.5 Å². The van der Waals surface area contributed by atoms with Gasteiger partial charge in [0, 0.05) is 6.07 Å². The Balaban J connectivity index is 2.27. The number of rotatable bonds is 6. The molecule has 0 aliphatic carbocycles. The van der Waals surface area contributed by atoms with E-state index >= 15 is 0 Å². The molecule has 10 nitrogen and oxygen atoms in total. The number of benzene rings is 1. The van der Waals surface area contributed by atoms with E-state index in [1.54, 1.807) is 0 Å². The molecule has 2 aromatic rings. The number of sulfonamides is 1. The Bertz CT molecular complexity index is 743. The molecule has 0 spiro atoms. The van der Waals surface area contributed by atoms with Crippen molar-refractivity contribution >= 4 is 15.7 Å². The van der Waals surface area contributed by atoms with Crippen molar-refractivity contribution in [1.29, 1.82) is 0 Å². The number of hydrogen-bond donors (Lipinski definition) is 2. The summed E-state index contributed by atoms with van der Waals surface area (Å²) in [4.78, 5) is 13.7. The van der Waals surface area contributed by atoms with Crippen molar-refractivity contribution in [3.8, 4) is 5.75 Å². The molecule has 2 N–H and O–H groups in total. The van der Waals surface area contributed by atoms with E-state index in [1.165, 1.54) is 25.6 Å². The zero-order valence-corrected chi connectivity index (χ0v) is 11.6. The highest BCUT2D eigenvalue weighted by atomic mass is 32.2. The largest absolute Gasteiger partial charge is 0.490 e. The molecule has 0 radical (unpaired) electrons. The van der Waals surface area contributed by atoms with Gasteiger partial charge in [-0.2, -0.15) is 5.10 Å². The van der Waals surface area contributed by atoms with Gasteiger partial charge in [-0.3, -0.25) is 15.2 Å². The predicted molar refractivity (Wildman–Crippen MR) is 70.1 cm³/mol. The van der Waals surface area contributed by atoms with Crippen LogP contribution < -0.4 is 9.46 Å². The van der Waals surface area contributed by atoms with Gasteiger partial charge >= 0.3 is 5.69 Å². The van der Waals surface area contributed by atoms with Gasteiger partial charge in [0.25, 0.3) is 0 Å². The third-order valence-electron chi connectivity index (χ3n) is 2.55. The lowest BCUT2D eigenvalue weighted by molar-refractivity contribution is -0.386. The maximum absolute atomic E-state index is 12.1. The number of aromatic amines is 1. The minimum atomic E-state index is -3.92. The molecule has 2 rings (SSSR count). The third-order valence-corrected chi connectivity index (χ3v) is 3.95. The molecule has 0 fully saturated rings. The first kappa shape index (κ1) is 14.9. The van der Waals surface area contributed by atoms with Crippen LogP contribution in [0.4, 0.5) is 5.69 Å². The van der Waals surface area contributed by atoms with Gasteiger partial charge in [-0.25, -0.2) is 18.1 Å². The van der Waals surface area contributed by atoms with Crippen LogP contribution in [0.1, 0.15) is 5.82 Å². The number of nitro benzene ring substituents is 1. The molecule has 0 unspecified atom stereocenters. The fourth-order valence-electron chi connectivity index (χ4n) is 1.54. The minimum Gasteiger partial charge on any atom is -0.490 e. The molecule has 21 heavy (non-hydrogen) atoms. The normalized spacial score (nSPS) is 11.3. The van der Waals surface area contributed by atoms with Crippen molar-refractivity contribution in [2.24, 2.45) is 0 Å². The molecule has 1 aromatic heterocycles. The Morgan fingerprint density at radius 1 is 1.48 bits per heavy atom. The Hall–Kier alpha value is -2.53. The molecule has 1 heterocycles. The SMILES string of the molecule is COc1ccc(S(=O)(=O)NCc2ncn[nH]2)cc1[N+](=O)[O-]. The summed E-state index contributed by atoms with van der Waals surface area (Å²) >= 11 is 0. The summed E-state index contributed by atoms with van der Waals surface area (Å²) in [5, 5.41) is 17.0. The quantitative estimate of drug-likeness (QED) is 0.573. The zero-order chi connectivity index (χ0) is 15.5. The summed E-state index contributed by atoms with van der Waals surface area (Å²) in [5.74, 6) is 0.302. The molecule has 1 aromatic carbocycles. The number of ether oxygens (including phenoxy) is 1. The Morgan fingerprint density at radius 3 is 2.81 bits per heavy atom. The number of nitrogens with one attached hydrogen (secondary N) is 2. The van der Waals surface area contributed by atoms with Crippen LogP contribution in [0.5, 0.6) is 5.75 Å². The molecule has 0 amide bonds. The average Bonchev–Trinajstić information content (AvgIpc) is 2.97. The third kappa shape index (κ3) is 3.32. The monoisotopic (exact) mass is 313 g/mol. The first-order valence-corrected chi connectivity index (χ1v) is 7.08. The maximum atomic E-state index is 12.1. The molecular formula is C10H11N5O5S. The molecule has 0 aliphatic heterocycles. The van der Waals surface area contributed by atoms with Crippen LogP contribution >= 0.6 is 0 Å². The summed E-state index contributed by atoms with van der Waals surface area (Å²) in [5.41, 5.74) is -0.431. The number of aromatic nitrogens is 3. The van der Waals surface area contributed by atoms with Crippen LogP contribution in [0.25, 0.3) is 0 Å². The summed E-state index contributed by atoms with van der Waals surface area (Å²) in [6.45, 7) is -0.109. The second kappa shape index (κ2) is 5.85. The first-order valence-electron chi connectivity index (χ1n) is 5.60. The molecular weight excluding hydrogens is 302 g/mol. The van der Waals surface area contributed by atoms with Gasteiger partial charge < -0.3 is 4.74 Å². The summed E-state index contributed by atoms with van der Waals surface area (Å²) in [6, 6.07) is 3.37. The van der Waals surface area contributed by atoms with Crippen molar-refractivity contribution < 1.29 is 18.1 Å². The molecule has 0 atom stereocenters. The minimum absolute atomic E-state index is 0.0193. The van der Waals surface area contributed by atoms with Gasteiger partial charge in [-0.1, -0.05) is 0 Å². The molecule has 0 bridgehead atoms. The number of H-pyrrole nitrogens is 1. The Labute approximate surface area is 119 Å². The van der Waals surface area contributed by atoms with E-state index in [1.807, 2.05) is 0 Å². The van der Waals surface area contributed by atoms with E-state index in [2.05, 4.69) is 19.9 Å². The Kier molecular flexibility index (Phi) is 4.14. The van der Waals surface area contributed by atoms with Gasteiger partial charge in [-0.15, -0.1) is 0 Å². The van der Waals surface area contributed by atoms with Crippen molar-refractivity contribution in [3.05, 3.63) is 40.5 Å². The van der Waals surface area contributed by atoms with Gasteiger partial charge in [0.2, 0.25) is 10.0 Å². The molecule has 112 valence electrons. The van der Waals surface area contributed by atoms with Gasteiger partial charge in [0.05, 0.1) is 23.5 Å². The highest BCUT2D eigenvalue weighted by Crippen LogP contribution is 2.29. The van der Waals surface area contributed by atoms with Crippen LogP contribution in [0.2, 0.25) is 0 Å². The lowest BCUT2D eigenvalue weighted by Gasteiger charge is -2.07. The van der Waals surface area contributed by atoms with Crippen LogP contribution in [-0.2, 0) is 16.6 Å². The van der Waals surface area contributed by atoms with E-state index in [4.69, 9.17) is 4.74 Å². The molecule has 0 aliphatic rings. The standard InChI is InChI=1S/C10H11N5O5S/c1-20-9-3-2-7(4-8(9)15(16)17)21(18,19)13-5-10-11-6-12-14-10/h2-4,6,13H,5H2,1H3,(H,11,12,14). The fraction of sp³-hybridized carbons (Fsp3) is 0.200. The smallest absolute Gasteiger partial charge is 0.312 e. The number of nitro groups is 1. The van der Waals surface area contributed by atoms with Crippen LogP contribution in [0.3, 0.4) is 0 Å². The fourth-order valence-corrected chi connectivity index (χ4v) is 2.55. The topological polar surface area (TPSA) is 140 Å². The van der Waals surface area contributed by atoms with Crippen molar-refractivity contribution in [1.82, 2.24) is 19.9 Å². The second-order valence-corrected chi connectivity index (χ2v) is 5.61. The summed E-state index contributed by atoms with van der Waals surface area (Å²) in [7, 11) is -2.65. The van der Waals surface area contributed by atoms with Crippen molar-refractivity contribution in [3.63, 3.8) is 0 Å². The van der Waals surface area contributed by atoms with Gasteiger partial charge in [0.15, 0.2) is 5.75 Å². The zero-order valence-electron chi connectivity index (χ0n) is 10.8. The van der Waals surface area contributed by atoms with Crippen molar-refractivity contribution in [2.45, 2.75) is 11.4 Å². The molecule has 0 saturated carbocycles. The van der Waals surface area contributed by atoms with Crippen LogP contribution in [-0.4, -0.2) is 35.6 Å². The maximum Gasteiger partial charge on any atom is 0.312 e. The number of hydrogen-bond acceptors (Lipinski definition) is 7. The average molecular weight is 313 g/mol. The van der Waals surface area contributed by atoms with Crippen LogP contribution in [0.15, 0.2) is 29.4 Å². The first-order chi connectivity index (χ1) is 9.94. The summed E-state index contributed by atoms with van der Waals surface area (Å²) < 4.78 is 31.2. The highest BCUT2D eigenvalue weighted by Gasteiger charge is 2.22. The Morgan fingerprint density at radius 2 is 2.24 bits per heavy atom. The second-order valence-electron chi connectivity index (χ2n) is 3.85. The van der Waals surface area contributed by atoms with Crippen molar-refractivity contribution in [2.75, 3.05) is 7.11 Å². The number of nitrogens with zero attached hydrogens (tertiary/aromatic N) is 3. The van der Waals surface area contributed by atoms with Gasteiger partial charge in [0.1, 0.15) is 12.2 Å². The molecule has 0 saturated heterocycles. The highest BCUT2D eigenvalue weighted by molar-refractivity contribution is 7.89. The van der Waals surface area contributed by atoms with E-state index < -0.39 is 20.6 Å². The van der Waals surface area contributed by atoms with Crippen LogP contribution in [0, 0.1) is 10.1 Å². The molecule has 11 heteroatoms. The lowest BCUT2D eigenvalue weighted by Crippen LogP contribution is -2.24.